The van der Waals surface area contributed by atoms with Gasteiger partial charge in [0.1, 0.15) is 11.5 Å². The Morgan fingerprint density at radius 1 is 1.18 bits per heavy atom. The van der Waals surface area contributed by atoms with Gasteiger partial charge in [-0.3, -0.25) is 4.90 Å². The molecule has 1 unspecified atom stereocenters. The zero-order valence-corrected chi connectivity index (χ0v) is 18.2. The largest absolute Gasteiger partial charge is 0.501 e. The van der Waals surface area contributed by atoms with Gasteiger partial charge in [0.15, 0.2) is 0 Å². The van der Waals surface area contributed by atoms with Crippen LogP contribution in [-0.4, -0.2) is 62.3 Å². The number of carbonyl (C=O) groups excluding carboxylic acids is 1. The lowest BCUT2D eigenvalue weighted by Gasteiger charge is -2.40. The van der Waals surface area contributed by atoms with Crippen LogP contribution in [0.1, 0.15) is 40.0 Å². The number of piperidine rings is 1. The number of likely N-dealkylation sites (N-methyl/N-ethyl adjacent to an activating group) is 1. The first-order valence-electron chi connectivity index (χ1n) is 10.2. The second-order valence-corrected chi connectivity index (χ2v) is 8.99. The number of amides is 2. The third-order valence-electron chi connectivity index (χ3n) is 6.24. The maximum Gasteiger partial charge on any atom is 0.324 e. The monoisotopic (exact) mass is 389 g/mol. The number of methoxy groups -OCH3 is 2. The predicted molar refractivity (Wildman–Crippen MR) is 111 cm³/mol. The fraction of sp³-hybridized carbons (Fsp3) is 0.682. The molecule has 2 saturated heterocycles. The Balaban J connectivity index is 2.12. The quantitative estimate of drug-likeness (QED) is 0.786. The van der Waals surface area contributed by atoms with E-state index in [4.69, 9.17) is 9.47 Å². The van der Waals surface area contributed by atoms with Crippen molar-refractivity contribution in [1.29, 1.82) is 0 Å². The Labute approximate surface area is 169 Å². The van der Waals surface area contributed by atoms with Crippen LogP contribution in [0.5, 0.6) is 0 Å². The Bertz CT molecular complexity index is 702. The number of urea groups is 1. The first-order valence-corrected chi connectivity index (χ1v) is 10.2. The van der Waals surface area contributed by atoms with Gasteiger partial charge in [-0.15, -0.1) is 0 Å². The van der Waals surface area contributed by atoms with Crippen LogP contribution < -0.4 is 5.32 Å². The zero-order valence-electron chi connectivity index (χ0n) is 18.2. The van der Waals surface area contributed by atoms with E-state index in [1.165, 1.54) is 0 Å². The van der Waals surface area contributed by atoms with Gasteiger partial charge in [0.05, 0.1) is 19.8 Å². The number of hydrogen-bond acceptors (Lipinski definition) is 4. The molecular formula is C22H35N3O3. The van der Waals surface area contributed by atoms with Gasteiger partial charge in [0.25, 0.3) is 0 Å². The summed E-state index contributed by atoms with van der Waals surface area (Å²) in [6.07, 6.45) is 8.98. The number of ether oxygens (including phenoxy) is 2. The second kappa shape index (κ2) is 7.82. The van der Waals surface area contributed by atoms with Crippen LogP contribution in [0, 0.1) is 11.3 Å². The summed E-state index contributed by atoms with van der Waals surface area (Å²) < 4.78 is 11.2. The molecule has 2 fully saturated rings. The minimum Gasteiger partial charge on any atom is -0.501 e. The molecule has 3 rings (SSSR count). The highest BCUT2D eigenvalue weighted by Crippen LogP contribution is 2.45. The molecule has 0 saturated carbocycles. The molecule has 28 heavy (non-hydrogen) atoms. The summed E-state index contributed by atoms with van der Waals surface area (Å²) in [5, 5.41) is 3.45. The smallest absolute Gasteiger partial charge is 0.324 e. The zero-order chi connectivity index (χ0) is 20.5. The average molecular weight is 390 g/mol. The van der Waals surface area contributed by atoms with Crippen molar-refractivity contribution >= 4 is 6.03 Å². The topological polar surface area (TPSA) is 54.0 Å². The fourth-order valence-electron chi connectivity index (χ4n) is 4.72. The van der Waals surface area contributed by atoms with E-state index in [1.807, 2.05) is 22.9 Å². The van der Waals surface area contributed by atoms with Crippen molar-refractivity contribution in [3.05, 3.63) is 35.4 Å². The van der Waals surface area contributed by atoms with Crippen molar-refractivity contribution in [3.63, 3.8) is 0 Å². The van der Waals surface area contributed by atoms with Crippen LogP contribution >= 0.6 is 0 Å². The molecular weight excluding hydrogens is 354 g/mol. The molecule has 3 aliphatic heterocycles. The van der Waals surface area contributed by atoms with Crippen molar-refractivity contribution in [2.24, 2.45) is 11.3 Å². The number of carbonyl (C=O) groups is 1. The molecule has 2 amide bonds. The maximum atomic E-state index is 13.3. The summed E-state index contributed by atoms with van der Waals surface area (Å²) in [4.78, 5) is 17.3. The second-order valence-electron chi connectivity index (χ2n) is 8.99. The third-order valence-corrected chi connectivity index (χ3v) is 6.24. The third kappa shape index (κ3) is 3.79. The molecule has 0 aromatic carbocycles. The molecule has 6 nitrogen and oxygen atoms in total. The lowest BCUT2D eigenvalue weighted by Crippen LogP contribution is -2.51. The summed E-state index contributed by atoms with van der Waals surface area (Å²) >= 11 is 0. The molecule has 3 heterocycles. The Morgan fingerprint density at radius 2 is 1.86 bits per heavy atom. The fourth-order valence-corrected chi connectivity index (χ4v) is 4.72. The summed E-state index contributed by atoms with van der Waals surface area (Å²) in [6, 6.07) is 0.0994. The van der Waals surface area contributed by atoms with Crippen LogP contribution in [0.25, 0.3) is 0 Å². The normalized spacial score (nSPS) is 33.0. The van der Waals surface area contributed by atoms with Crippen molar-refractivity contribution in [3.8, 4) is 0 Å². The Morgan fingerprint density at radius 3 is 2.46 bits per heavy atom. The van der Waals surface area contributed by atoms with E-state index in [9.17, 15) is 4.79 Å². The summed E-state index contributed by atoms with van der Waals surface area (Å²) in [6.45, 7) is 9.04. The number of hydrogen-bond donors (Lipinski definition) is 1. The van der Waals surface area contributed by atoms with Gasteiger partial charge in [0, 0.05) is 31.8 Å². The number of fused-ring (bicyclic) bond motifs is 2. The van der Waals surface area contributed by atoms with Gasteiger partial charge < -0.3 is 19.7 Å². The highest BCUT2D eigenvalue weighted by molar-refractivity contribution is 5.82. The number of rotatable bonds is 2. The van der Waals surface area contributed by atoms with Crippen molar-refractivity contribution in [1.82, 2.24) is 15.1 Å². The number of nitrogens with one attached hydrogen (secondary N) is 1. The molecule has 1 spiro atoms. The van der Waals surface area contributed by atoms with Gasteiger partial charge in [-0.2, -0.15) is 0 Å². The van der Waals surface area contributed by atoms with Gasteiger partial charge >= 0.3 is 6.03 Å². The SMILES string of the molecule is COC1=C/C(C)CN2C(=O)N(C)C3(CCNCC3)/C2=C/C(C)(C)C/C(OC)=C\1. The van der Waals surface area contributed by atoms with Crippen molar-refractivity contribution < 1.29 is 14.3 Å². The van der Waals surface area contributed by atoms with Crippen LogP contribution in [0.15, 0.2) is 35.4 Å². The van der Waals surface area contributed by atoms with E-state index >= 15 is 0 Å². The van der Waals surface area contributed by atoms with E-state index in [2.05, 4.69) is 38.2 Å². The first kappa shape index (κ1) is 20.8. The summed E-state index contributed by atoms with van der Waals surface area (Å²) in [5.74, 6) is 1.82. The highest BCUT2D eigenvalue weighted by atomic mass is 16.5. The van der Waals surface area contributed by atoms with Crippen LogP contribution in [0.4, 0.5) is 4.79 Å². The van der Waals surface area contributed by atoms with Gasteiger partial charge in [-0.25, -0.2) is 4.79 Å². The van der Waals surface area contributed by atoms with Crippen molar-refractivity contribution in [2.75, 3.05) is 40.9 Å². The number of nitrogens with zero attached hydrogens (tertiary/aromatic N) is 2. The molecule has 0 aromatic heterocycles. The molecule has 1 N–H and O–H groups in total. The van der Waals surface area contributed by atoms with Crippen LogP contribution in [-0.2, 0) is 9.47 Å². The van der Waals surface area contributed by atoms with Gasteiger partial charge in [-0.05, 0) is 43.3 Å². The minimum absolute atomic E-state index is 0.0994. The molecule has 6 heteroatoms. The Hall–Kier alpha value is -1.95. The summed E-state index contributed by atoms with van der Waals surface area (Å²) in [5.41, 5.74) is 0.770. The van der Waals surface area contributed by atoms with Crippen molar-refractivity contribution in [2.45, 2.75) is 45.6 Å². The molecule has 3 aliphatic rings. The number of allylic oxidation sites excluding steroid dienone is 3. The lowest BCUT2D eigenvalue weighted by atomic mass is 9.79. The Kier molecular flexibility index (Phi) is 5.80. The molecule has 0 aromatic rings. The van der Waals surface area contributed by atoms with Gasteiger partial charge in [0.2, 0.25) is 0 Å². The molecule has 0 bridgehead atoms. The maximum absolute atomic E-state index is 13.3. The predicted octanol–water partition coefficient (Wildman–Crippen LogP) is 3.49. The van der Waals surface area contributed by atoms with E-state index < -0.39 is 0 Å². The van der Waals surface area contributed by atoms with Crippen LogP contribution in [0.2, 0.25) is 0 Å². The van der Waals surface area contributed by atoms with E-state index in [0.29, 0.717) is 6.54 Å². The van der Waals surface area contributed by atoms with Gasteiger partial charge in [-0.1, -0.05) is 26.8 Å². The summed E-state index contributed by atoms with van der Waals surface area (Å²) in [7, 11) is 5.34. The average Bonchev–Trinajstić information content (AvgIpc) is 2.82. The van der Waals surface area contributed by atoms with E-state index in [1.54, 1.807) is 14.2 Å². The standard InChI is InChI=1S/C22H35N3O3/c1-16-11-17(27-5)12-18(28-6)13-21(2,3)14-19-22(7-9-23-10-8-22)24(4)20(26)25(19)15-16/h11-12,14,16,23H,7-10,13,15H2,1-6H3/b17-11+,18-12+,19-14-. The van der Waals surface area contributed by atoms with Crippen LogP contribution in [0.3, 0.4) is 0 Å². The molecule has 0 aliphatic carbocycles. The molecule has 0 radical (unpaired) electrons. The van der Waals surface area contributed by atoms with E-state index in [0.717, 1.165) is 49.6 Å². The highest BCUT2D eigenvalue weighted by Gasteiger charge is 2.52. The van der Waals surface area contributed by atoms with E-state index in [-0.39, 0.29) is 22.9 Å². The lowest BCUT2D eigenvalue weighted by molar-refractivity contribution is 0.157. The molecule has 156 valence electrons. The minimum atomic E-state index is -0.224. The molecule has 1 atom stereocenters. The first-order chi connectivity index (χ1) is 13.2.